The van der Waals surface area contributed by atoms with Crippen molar-refractivity contribution in [2.45, 2.75) is 12.8 Å². The number of pyridine rings is 1. The van der Waals surface area contributed by atoms with Crippen LogP contribution in [0.3, 0.4) is 0 Å². The minimum Gasteiger partial charge on any atom is -0.387 e. The molecule has 1 amide bonds. The molecular formula is C14H21N3O2. The molecule has 5 heteroatoms. The van der Waals surface area contributed by atoms with Crippen LogP contribution in [-0.2, 0) is 4.74 Å². The van der Waals surface area contributed by atoms with Crippen LogP contribution in [0.25, 0.3) is 0 Å². The highest BCUT2D eigenvalue weighted by molar-refractivity contribution is 5.99. The summed E-state index contributed by atoms with van der Waals surface area (Å²) in [6, 6.07) is 1.82. The number of nitrogens with zero attached hydrogens (tertiary/aromatic N) is 2. The van der Waals surface area contributed by atoms with E-state index in [0.29, 0.717) is 11.5 Å². The summed E-state index contributed by atoms with van der Waals surface area (Å²) >= 11 is 0. The number of hydrogen-bond acceptors (Lipinski definition) is 4. The molecule has 2 rings (SSSR count). The highest BCUT2D eigenvalue weighted by atomic mass is 16.5. The first-order valence-electron chi connectivity index (χ1n) is 6.67. The summed E-state index contributed by atoms with van der Waals surface area (Å²) in [6.07, 6.45) is 5.36. The van der Waals surface area contributed by atoms with Gasteiger partial charge in [0.2, 0.25) is 0 Å². The van der Waals surface area contributed by atoms with Crippen LogP contribution in [0.5, 0.6) is 0 Å². The molecule has 0 aromatic carbocycles. The van der Waals surface area contributed by atoms with Gasteiger partial charge in [0.1, 0.15) is 0 Å². The van der Waals surface area contributed by atoms with Gasteiger partial charge in [-0.15, -0.1) is 0 Å². The zero-order chi connectivity index (χ0) is 13.7. The molecule has 0 saturated carbocycles. The van der Waals surface area contributed by atoms with Crippen LogP contribution in [0.4, 0.5) is 5.69 Å². The minimum atomic E-state index is 0.0175. The van der Waals surface area contributed by atoms with E-state index in [9.17, 15) is 4.79 Å². The van der Waals surface area contributed by atoms with Crippen molar-refractivity contribution >= 4 is 11.6 Å². The lowest BCUT2D eigenvalue weighted by atomic mass is 9.99. The van der Waals surface area contributed by atoms with E-state index in [2.05, 4.69) is 10.3 Å². The highest BCUT2D eigenvalue weighted by Gasteiger charge is 2.21. The summed E-state index contributed by atoms with van der Waals surface area (Å²) < 4.78 is 5.34. The summed E-state index contributed by atoms with van der Waals surface area (Å²) in [7, 11) is 3.66. The van der Waals surface area contributed by atoms with E-state index in [-0.39, 0.29) is 5.91 Å². The van der Waals surface area contributed by atoms with Crippen molar-refractivity contribution in [3.8, 4) is 0 Å². The summed E-state index contributed by atoms with van der Waals surface area (Å²) in [5.74, 6) is 0.557. The molecule has 0 aliphatic carbocycles. The zero-order valence-electron chi connectivity index (χ0n) is 11.6. The Morgan fingerprint density at radius 1 is 1.53 bits per heavy atom. The number of rotatable bonds is 4. The van der Waals surface area contributed by atoms with Crippen LogP contribution in [0, 0.1) is 5.92 Å². The van der Waals surface area contributed by atoms with Crippen LogP contribution in [0.1, 0.15) is 23.2 Å². The predicted octanol–water partition coefficient (Wildman–Crippen LogP) is 1.62. The number of carbonyl (C=O) groups excluding carboxylic acids is 1. The Morgan fingerprint density at radius 2 is 2.26 bits per heavy atom. The molecule has 0 radical (unpaired) electrons. The van der Waals surface area contributed by atoms with Gasteiger partial charge < -0.3 is 15.0 Å². The smallest absolute Gasteiger partial charge is 0.257 e. The normalized spacial score (nSPS) is 16.1. The third kappa shape index (κ3) is 3.44. The van der Waals surface area contributed by atoms with E-state index in [1.807, 2.05) is 20.2 Å². The minimum absolute atomic E-state index is 0.0175. The first-order valence-corrected chi connectivity index (χ1v) is 6.67. The lowest BCUT2D eigenvalue weighted by molar-refractivity contribution is 0.0497. The van der Waals surface area contributed by atoms with Gasteiger partial charge >= 0.3 is 0 Å². The van der Waals surface area contributed by atoms with Crippen LogP contribution >= 0.6 is 0 Å². The Hall–Kier alpha value is -1.62. The summed E-state index contributed by atoms with van der Waals surface area (Å²) in [4.78, 5) is 18.2. The van der Waals surface area contributed by atoms with Gasteiger partial charge in [-0.3, -0.25) is 9.78 Å². The quantitative estimate of drug-likeness (QED) is 0.897. The van der Waals surface area contributed by atoms with Crippen LogP contribution in [-0.4, -0.2) is 49.6 Å². The summed E-state index contributed by atoms with van der Waals surface area (Å²) in [5.41, 5.74) is 1.44. The number of anilines is 1. The van der Waals surface area contributed by atoms with E-state index in [0.717, 1.165) is 38.3 Å². The average Bonchev–Trinajstić information content (AvgIpc) is 2.47. The second-order valence-corrected chi connectivity index (χ2v) is 4.91. The molecule has 0 bridgehead atoms. The lowest BCUT2D eigenvalue weighted by Gasteiger charge is -2.27. The van der Waals surface area contributed by atoms with Crippen molar-refractivity contribution in [2.24, 2.45) is 5.92 Å². The second kappa shape index (κ2) is 6.52. The number of ether oxygens (including phenoxy) is 1. The number of nitrogens with one attached hydrogen (secondary N) is 1. The molecule has 1 aliphatic heterocycles. The summed E-state index contributed by atoms with van der Waals surface area (Å²) in [5, 5.41) is 3.03. The van der Waals surface area contributed by atoms with Gasteiger partial charge in [-0.1, -0.05) is 0 Å². The molecule has 1 N–H and O–H groups in total. The topological polar surface area (TPSA) is 54.5 Å². The second-order valence-electron chi connectivity index (χ2n) is 4.91. The maximum atomic E-state index is 12.4. The molecule has 0 spiro atoms. The number of hydrogen-bond donors (Lipinski definition) is 1. The Morgan fingerprint density at radius 3 is 2.95 bits per heavy atom. The van der Waals surface area contributed by atoms with Crippen molar-refractivity contribution in [1.82, 2.24) is 9.88 Å². The van der Waals surface area contributed by atoms with Crippen molar-refractivity contribution in [3.63, 3.8) is 0 Å². The molecule has 1 fully saturated rings. The van der Waals surface area contributed by atoms with Crippen molar-refractivity contribution in [1.29, 1.82) is 0 Å². The fourth-order valence-corrected chi connectivity index (χ4v) is 2.39. The van der Waals surface area contributed by atoms with E-state index < -0.39 is 0 Å². The van der Waals surface area contributed by atoms with Gasteiger partial charge in [0, 0.05) is 51.9 Å². The predicted molar refractivity (Wildman–Crippen MR) is 74.3 cm³/mol. The SMILES string of the molecule is CNc1ccncc1C(=O)N(C)CC1CCOCC1. The molecule has 0 unspecified atom stereocenters. The molecule has 1 saturated heterocycles. The number of aromatic nitrogens is 1. The standard InChI is InChI=1S/C14H21N3O2/c1-15-13-3-6-16-9-12(13)14(18)17(2)10-11-4-7-19-8-5-11/h3,6,9,11H,4-5,7-8,10H2,1-2H3,(H,15,16). The van der Waals surface area contributed by atoms with Crippen LogP contribution in [0.15, 0.2) is 18.5 Å². The molecular weight excluding hydrogens is 242 g/mol. The van der Waals surface area contributed by atoms with Gasteiger partial charge in [-0.25, -0.2) is 0 Å². The van der Waals surface area contributed by atoms with Gasteiger partial charge in [0.25, 0.3) is 5.91 Å². The molecule has 104 valence electrons. The van der Waals surface area contributed by atoms with Crippen molar-refractivity contribution in [3.05, 3.63) is 24.0 Å². The third-order valence-electron chi connectivity index (χ3n) is 3.54. The van der Waals surface area contributed by atoms with E-state index in [1.54, 1.807) is 17.3 Å². The van der Waals surface area contributed by atoms with Crippen molar-refractivity contribution < 1.29 is 9.53 Å². The van der Waals surface area contributed by atoms with Crippen molar-refractivity contribution in [2.75, 3.05) is 39.2 Å². The van der Waals surface area contributed by atoms with E-state index in [1.165, 1.54) is 0 Å². The third-order valence-corrected chi connectivity index (χ3v) is 3.54. The molecule has 2 heterocycles. The maximum Gasteiger partial charge on any atom is 0.257 e. The fraction of sp³-hybridized carbons (Fsp3) is 0.571. The largest absolute Gasteiger partial charge is 0.387 e. The fourth-order valence-electron chi connectivity index (χ4n) is 2.39. The molecule has 19 heavy (non-hydrogen) atoms. The number of carbonyl (C=O) groups is 1. The first-order chi connectivity index (χ1) is 9.22. The molecule has 0 atom stereocenters. The highest BCUT2D eigenvalue weighted by Crippen LogP contribution is 2.19. The molecule has 1 aromatic heterocycles. The monoisotopic (exact) mass is 263 g/mol. The number of amides is 1. The Kier molecular flexibility index (Phi) is 4.74. The van der Waals surface area contributed by atoms with Gasteiger partial charge in [0.05, 0.1) is 5.56 Å². The van der Waals surface area contributed by atoms with Gasteiger partial charge in [-0.2, -0.15) is 0 Å². The molecule has 1 aromatic rings. The van der Waals surface area contributed by atoms with Gasteiger partial charge in [0.15, 0.2) is 0 Å². The zero-order valence-corrected chi connectivity index (χ0v) is 11.6. The Labute approximate surface area is 114 Å². The first kappa shape index (κ1) is 13.8. The Bertz CT molecular complexity index is 430. The molecule has 1 aliphatic rings. The Balaban J connectivity index is 2.01. The lowest BCUT2D eigenvalue weighted by Crippen LogP contribution is -2.34. The maximum absolute atomic E-state index is 12.4. The molecule has 5 nitrogen and oxygen atoms in total. The van der Waals surface area contributed by atoms with E-state index >= 15 is 0 Å². The van der Waals surface area contributed by atoms with Crippen LogP contribution < -0.4 is 5.32 Å². The van der Waals surface area contributed by atoms with E-state index in [4.69, 9.17) is 4.74 Å². The summed E-state index contributed by atoms with van der Waals surface area (Å²) in [6.45, 7) is 2.39. The van der Waals surface area contributed by atoms with Crippen LogP contribution in [0.2, 0.25) is 0 Å². The van der Waals surface area contributed by atoms with Gasteiger partial charge in [-0.05, 0) is 24.8 Å². The average molecular weight is 263 g/mol.